The van der Waals surface area contributed by atoms with E-state index in [-0.39, 0.29) is 11.8 Å². The molecule has 0 aliphatic heterocycles. The number of aryl methyl sites for hydroxylation is 1. The Bertz CT molecular complexity index is 444. The predicted molar refractivity (Wildman–Crippen MR) is 66.7 cm³/mol. The predicted octanol–water partition coefficient (Wildman–Crippen LogP) is 1.68. The van der Waals surface area contributed by atoms with E-state index in [1.54, 1.807) is 13.0 Å². The zero-order chi connectivity index (χ0) is 13.1. The van der Waals surface area contributed by atoms with E-state index < -0.39 is 4.92 Å². The van der Waals surface area contributed by atoms with E-state index in [4.69, 9.17) is 4.74 Å². The summed E-state index contributed by atoms with van der Waals surface area (Å²) in [6, 6.07) is 3.01. The molecule has 1 fully saturated rings. The van der Waals surface area contributed by atoms with Crippen LogP contribution in [0.5, 0.6) is 5.88 Å². The molecule has 0 saturated heterocycles. The van der Waals surface area contributed by atoms with Crippen LogP contribution >= 0.6 is 0 Å². The maximum atomic E-state index is 10.7. The summed E-state index contributed by atoms with van der Waals surface area (Å²) in [6.07, 6.45) is 2.22. The van der Waals surface area contributed by atoms with Gasteiger partial charge in [-0.1, -0.05) is 0 Å². The summed E-state index contributed by atoms with van der Waals surface area (Å²) in [5.41, 5.74) is 0.424. The van der Waals surface area contributed by atoms with E-state index >= 15 is 0 Å². The second-order valence-corrected chi connectivity index (χ2v) is 4.65. The van der Waals surface area contributed by atoms with E-state index in [0.717, 1.165) is 19.4 Å². The summed E-state index contributed by atoms with van der Waals surface area (Å²) < 4.78 is 5.68. The van der Waals surface area contributed by atoms with Crippen molar-refractivity contribution in [1.29, 1.82) is 0 Å². The Labute approximate surface area is 106 Å². The Morgan fingerprint density at radius 3 is 2.83 bits per heavy atom. The summed E-state index contributed by atoms with van der Waals surface area (Å²) in [4.78, 5) is 14.3. The molecular weight excluding hydrogens is 234 g/mol. The summed E-state index contributed by atoms with van der Waals surface area (Å²) in [5.74, 6) is 1.14. The lowest BCUT2D eigenvalue weighted by atomic mass is 9.82. The topological polar surface area (TPSA) is 77.3 Å². The van der Waals surface area contributed by atoms with Crippen LogP contribution in [0.1, 0.15) is 18.5 Å². The van der Waals surface area contributed by atoms with E-state index in [9.17, 15) is 10.1 Å². The van der Waals surface area contributed by atoms with Crippen molar-refractivity contribution in [3.05, 3.63) is 27.9 Å². The molecule has 1 aromatic rings. The smallest absolute Gasteiger partial charge is 0.290 e. The number of aromatic nitrogens is 1. The molecular formula is C12H17N3O3. The lowest BCUT2D eigenvalue weighted by Crippen LogP contribution is -2.38. The second-order valence-electron chi connectivity index (χ2n) is 4.65. The molecule has 18 heavy (non-hydrogen) atoms. The Morgan fingerprint density at radius 1 is 1.56 bits per heavy atom. The fraction of sp³-hybridized carbons (Fsp3) is 0.583. The molecule has 0 spiro atoms. The number of rotatable bonds is 5. The van der Waals surface area contributed by atoms with Crippen molar-refractivity contribution in [3.63, 3.8) is 0 Å². The molecule has 1 aromatic heterocycles. The number of pyridine rings is 1. The second kappa shape index (κ2) is 5.30. The lowest BCUT2D eigenvalue weighted by Gasteiger charge is -2.34. The van der Waals surface area contributed by atoms with Gasteiger partial charge in [-0.2, -0.15) is 0 Å². The van der Waals surface area contributed by atoms with Gasteiger partial charge in [-0.05, 0) is 39.3 Å². The maximum Gasteiger partial charge on any atom is 0.290 e. The van der Waals surface area contributed by atoms with E-state index in [0.29, 0.717) is 17.5 Å². The highest BCUT2D eigenvalue weighted by molar-refractivity contribution is 5.36. The van der Waals surface area contributed by atoms with Gasteiger partial charge in [0.05, 0.1) is 4.92 Å². The molecule has 0 aromatic carbocycles. The number of nitrogens with one attached hydrogen (secondary N) is 1. The molecule has 1 aliphatic rings. The third kappa shape index (κ3) is 2.76. The number of ether oxygens (including phenoxy) is 1. The third-order valence-corrected chi connectivity index (χ3v) is 3.20. The molecule has 0 amide bonds. The van der Waals surface area contributed by atoms with Crippen LogP contribution in [-0.2, 0) is 0 Å². The molecule has 0 atom stereocenters. The van der Waals surface area contributed by atoms with Gasteiger partial charge in [0.25, 0.3) is 5.69 Å². The molecule has 2 rings (SSSR count). The van der Waals surface area contributed by atoms with Crippen molar-refractivity contribution in [2.45, 2.75) is 25.9 Å². The molecule has 98 valence electrons. The minimum atomic E-state index is -0.432. The van der Waals surface area contributed by atoms with Crippen molar-refractivity contribution in [1.82, 2.24) is 10.3 Å². The highest BCUT2D eigenvalue weighted by Gasteiger charge is 2.30. The minimum Gasteiger partial charge on any atom is -0.474 e. The molecule has 0 radical (unpaired) electrons. The van der Waals surface area contributed by atoms with E-state index in [1.165, 1.54) is 6.07 Å². The van der Waals surface area contributed by atoms with Gasteiger partial charge in [-0.15, -0.1) is 0 Å². The highest BCUT2D eigenvalue weighted by atomic mass is 16.6. The van der Waals surface area contributed by atoms with Crippen molar-refractivity contribution in [2.75, 3.05) is 13.6 Å². The van der Waals surface area contributed by atoms with Crippen LogP contribution in [0.15, 0.2) is 12.1 Å². The third-order valence-electron chi connectivity index (χ3n) is 3.20. The molecule has 6 nitrogen and oxygen atoms in total. The van der Waals surface area contributed by atoms with Gasteiger partial charge < -0.3 is 10.1 Å². The standard InChI is InChI=1S/C12H17N3O3/c1-8-11(15(16)17)3-4-12(14-8)18-10-5-9(6-10)7-13-2/h3-4,9-10,13H,5-7H2,1-2H3. The Balaban J connectivity index is 1.92. The summed E-state index contributed by atoms with van der Waals surface area (Å²) in [6.45, 7) is 2.63. The Hall–Kier alpha value is -1.69. The fourth-order valence-electron chi connectivity index (χ4n) is 2.19. The van der Waals surface area contributed by atoms with Gasteiger partial charge >= 0.3 is 0 Å². The van der Waals surface area contributed by atoms with Gasteiger partial charge in [-0.25, -0.2) is 4.98 Å². The molecule has 1 saturated carbocycles. The SMILES string of the molecule is CNCC1CC(Oc2ccc([N+](=O)[O-])c(C)n2)C1. The molecule has 0 unspecified atom stereocenters. The van der Waals surface area contributed by atoms with Gasteiger partial charge in [0, 0.05) is 12.1 Å². The van der Waals surface area contributed by atoms with Crippen LogP contribution in [0.4, 0.5) is 5.69 Å². The monoisotopic (exact) mass is 251 g/mol. The van der Waals surface area contributed by atoms with E-state index in [2.05, 4.69) is 10.3 Å². The zero-order valence-corrected chi connectivity index (χ0v) is 10.5. The van der Waals surface area contributed by atoms with Crippen molar-refractivity contribution < 1.29 is 9.66 Å². The molecule has 6 heteroatoms. The fourth-order valence-corrected chi connectivity index (χ4v) is 2.19. The number of hydrogen-bond acceptors (Lipinski definition) is 5. The van der Waals surface area contributed by atoms with Crippen molar-refractivity contribution in [2.24, 2.45) is 5.92 Å². The van der Waals surface area contributed by atoms with E-state index in [1.807, 2.05) is 7.05 Å². The molecule has 0 bridgehead atoms. The van der Waals surface area contributed by atoms with Crippen molar-refractivity contribution in [3.8, 4) is 5.88 Å². The minimum absolute atomic E-state index is 0.0315. The van der Waals surface area contributed by atoms with Crippen LogP contribution in [0.2, 0.25) is 0 Å². The van der Waals surface area contributed by atoms with Crippen LogP contribution in [0.3, 0.4) is 0 Å². The van der Waals surface area contributed by atoms with Crippen LogP contribution < -0.4 is 10.1 Å². The first-order chi connectivity index (χ1) is 8.60. The lowest BCUT2D eigenvalue weighted by molar-refractivity contribution is -0.385. The number of hydrogen-bond donors (Lipinski definition) is 1. The summed E-state index contributed by atoms with van der Waals surface area (Å²) in [7, 11) is 1.94. The molecule has 1 heterocycles. The highest BCUT2D eigenvalue weighted by Crippen LogP contribution is 2.31. The van der Waals surface area contributed by atoms with Gasteiger partial charge in [0.15, 0.2) is 0 Å². The normalized spacial score (nSPS) is 22.3. The molecule has 1 aliphatic carbocycles. The Kier molecular flexibility index (Phi) is 3.76. The van der Waals surface area contributed by atoms with Gasteiger partial charge in [0.1, 0.15) is 11.8 Å². The Morgan fingerprint density at radius 2 is 2.28 bits per heavy atom. The number of nitrogens with zero attached hydrogens (tertiary/aromatic N) is 2. The largest absolute Gasteiger partial charge is 0.474 e. The van der Waals surface area contributed by atoms with Gasteiger partial charge in [0.2, 0.25) is 5.88 Å². The molecule has 1 N–H and O–H groups in total. The average Bonchev–Trinajstić information content (AvgIpc) is 2.26. The zero-order valence-electron chi connectivity index (χ0n) is 10.5. The quantitative estimate of drug-likeness (QED) is 0.636. The summed E-state index contributed by atoms with van der Waals surface area (Å²) >= 11 is 0. The van der Waals surface area contributed by atoms with Crippen LogP contribution in [0, 0.1) is 23.0 Å². The van der Waals surface area contributed by atoms with Crippen LogP contribution in [0.25, 0.3) is 0 Å². The summed E-state index contributed by atoms with van der Waals surface area (Å²) in [5, 5.41) is 13.8. The number of nitro groups is 1. The van der Waals surface area contributed by atoms with Crippen LogP contribution in [-0.4, -0.2) is 29.6 Å². The maximum absolute atomic E-state index is 10.7. The van der Waals surface area contributed by atoms with Crippen molar-refractivity contribution >= 4 is 5.69 Å². The average molecular weight is 251 g/mol. The van der Waals surface area contributed by atoms with Gasteiger partial charge in [-0.3, -0.25) is 10.1 Å². The first-order valence-corrected chi connectivity index (χ1v) is 6.03. The first kappa shape index (κ1) is 12.8. The first-order valence-electron chi connectivity index (χ1n) is 6.03.